The van der Waals surface area contributed by atoms with Crippen LogP contribution in [0.2, 0.25) is 0 Å². The SMILES string of the molecule is COc1ccc(CCNC(=O)[C@@H](C)Sc2nnc(-c3cccc(C)c3)o2)cc1. The first-order valence-corrected chi connectivity index (χ1v) is 9.91. The topological polar surface area (TPSA) is 77.2 Å². The van der Waals surface area contributed by atoms with Crippen LogP contribution >= 0.6 is 11.8 Å². The lowest BCUT2D eigenvalue weighted by Crippen LogP contribution is -2.32. The average Bonchev–Trinajstić information content (AvgIpc) is 3.17. The number of hydrogen-bond acceptors (Lipinski definition) is 6. The van der Waals surface area contributed by atoms with Gasteiger partial charge in [-0.3, -0.25) is 4.79 Å². The minimum Gasteiger partial charge on any atom is -0.497 e. The Morgan fingerprint density at radius 1 is 1.21 bits per heavy atom. The fourth-order valence-corrected chi connectivity index (χ4v) is 3.33. The Balaban J connectivity index is 1.48. The zero-order chi connectivity index (χ0) is 19.9. The predicted molar refractivity (Wildman–Crippen MR) is 109 cm³/mol. The Morgan fingerprint density at radius 2 is 2.00 bits per heavy atom. The van der Waals surface area contributed by atoms with Gasteiger partial charge in [-0.05, 0) is 50.1 Å². The summed E-state index contributed by atoms with van der Waals surface area (Å²) in [6.45, 7) is 4.40. The molecule has 3 aromatic rings. The van der Waals surface area contributed by atoms with Crippen molar-refractivity contribution in [1.82, 2.24) is 15.5 Å². The molecule has 3 rings (SSSR count). The van der Waals surface area contributed by atoms with Crippen molar-refractivity contribution in [2.24, 2.45) is 0 Å². The van der Waals surface area contributed by atoms with Gasteiger partial charge in [-0.15, -0.1) is 10.2 Å². The summed E-state index contributed by atoms with van der Waals surface area (Å²) >= 11 is 1.25. The molecule has 7 heteroatoms. The van der Waals surface area contributed by atoms with Crippen molar-refractivity contribution in [3.05, 3.63) is 59.7 Å². The van der Waals surface area contributed by atoms with Crippen molar-refractivity contribution in [2.75, 3.05) is 13.7 Å². The molecule has 0 radical (unpaired) electrons. The molecule has 6 nitrogen and oxygen atoms in total. The first-order valence-electron chi connectivity index (χ1n) is 9.03. The molecule has 1 N–H and O–H groups in total. The van der Waals surface area contributed by atoms with Gasteiger partial charge in [0.1, 0.15) is 5.75 Å². The number of amides is 1. The van der Waals surface area contributed by atoms with E-state index < -0.39 is 0 Å². The van der Waals surface area contributed by atoms with Gasteiger partial charge in [0.05, 0.1) is 12.4 Å². The van der Waals surface area contributed by atoms with E-state index in [9.17, 15) is 4.79 Å². The van der Waals surface area contributed by atoms with E-state index in [1.165, 1.54) is 11.8 Å². The second-order valence-electron chi connectivity index (χ2n) is 6.39. The van der Waals surface area contributed by atoms with Gasteiger partial charge in [0.25, 0.3) is 5.22 Å². The molecule has 0 spiro atoms. The monoisotopic (exact) mass is 397 g/mol. The minimum atomic E-state index is -0.332. The van der Waals surface area contributed by atoms with E-state index in [-0.39, 0.29) is 11.2 Å². The van der Waals surface area contributed by atoms with E-state index in [2.05, 4.69) is 15.5 Å². The zero-order valence-electron chi connectivity index (χ0n) is 16.1. The largest absolute Gasteiger partial charge is 0.497 e. The molecule has 0 fully saturated rings. The number of nitrogens with zero attached hydrogens (tertiary/aromatic N) is 2. The van der Waals surface area contributed by atoms with Crippen LogP contribution in [0.15, 0.2) is 58.2 Å². The maximum Gasteiger partial charge on any atom is 0.277 e. The van der Waals surface area contributed by atoms with Gasteiger partial charge in [-0.1, -0.05) is 41.6 Å². The summed E-state index contributed by atoms with van der Waals surface area (Å²) < 4.78 is 10.8. The molecule has 2 aromatic carbocycles. The Hall–Kier alpha value is -2.80. The van der Waals surface area contributed by atoms with Crippen molar-refractivity contribution in [3.8, 4) is 17.2 Å². The Bertz CT molecular complexity index is 925. The molecular formula is C21H23N3O3S. The summed E-state index contributed by atoms with van der Waals surface area (Å²) in [5, 5.41) is 11.1. The molecule has 146 valence electrons. The number of nitrogens with one attached hydrogen (secondary N) is 1. The average molecular weight is 398 g/mol. The number of aromatic nitrogens is 2. The van der Waals surface area contributed by atoms with Crippen molar-refractivity contribution < 1.29 is 13.9 Å². The predicted octanol–water partition coefficient (Wildman–Crippen LogP) is 3.89. The van der Waals surface area contributed by atoms with Crippen LogP contribution in [0.3, 0.4) is 0 Å². The van der Waals surface area contributed by atoms with E-state index >= 15 is 0 Å². The summed E-state index contributed by atoms with van der Waals surface area (Å²) in [5.41, 5.74) is 3.13. The molecule has 1 atom stereocenters. The van der Waals surface area contributed by atoms with Crippen LogP contribution in [-0.2, 0) is 11.2 Å². The fourth-order valence-electron chi connectivity index (χ4n) is 2.62. The normalized spacial score (nSPS) is 11.8. The molecule has 0 unspecified atom stereocenters. The van der Waals surface area contributed by atoms with E-state index in [1.807, 2.05) is 62.4 Å². The molecular weight excluding hydrogens is 374 g/mol. The van der Waals surface area contributed by atoms with Crippen molar-refractivity contribution in [2.45, 2.75) is 30.7 Å². The maximum absolute atomic E-state index is 12.3. The van der Waals surface area contributed by atoms with E-state index in [0.29, 0.717) is 17.7 Å². The van der Waals surface area contributed by atoms with Crippen LogP contribution in [0.5, 0.6) is 5.75 Å². The van der Waals surface area contributed by atoms with Gasteiger partial charge in [0.2, 0.25) is 11.8 Å². The summed E-state index contributed by atoms with van der Waals surface area (Å²) in [5.74, 6) is 1.22. The number of ether oxygens (including phenoxy) is 1. The number of carbonyl (C=O) groups is 1. The third-order valence-corrected chi connectivity index (χ3v) is 5.12. The van der Waals surface area contributed by atoms with Crippen molar-refractivity contribution in [1.29, 1.82) is 0 Å². The molecule has 1 aromatic heterocycles. The lowest BCUT2D eigenvalue weighted by atomic mass is 10.1. The number of rotatable bonds is 8. The van der Waals surface area contributed by atoms with Crippen molar-refractivity contribution in [3.63, 3.8) is 0 Å². The van der Waals surface area contributed by atoms with E-state index in [4.69, 9.17) is 9.15 Å². The van der Waals surface area contributed by atoms with Crippen LogP contribution in [0.4, 0.5) is 0 Å². The molecule has 0 aliphatic heterocycles. The number of methoxy groups -OCH3 is 1. The minimum absolute atomic E-state index is 0.0613. The van der Waals surface area contributed by atoms with Crippen LogP contribution in [0.25, 0.3) is 11.5 Å². The molecule has 1 amide bonds. The fraction of sp³-hybridized carbons (Fsp3) is 0.286. The number of benzene rings is 2. The molecule has 0 saturated carbocycles. The number of thioether (sulfide) groups is 1. The second-order valence-corrected chi connectivity index (χ2v) is 7.68. The Kier molecular flexibility index (Phi) is 6.71. The Labute approximate surface area is 168 Å². The molecule has 0 bridgehead atoms. The Morgan fingerprint density at radius 3 is 2.71 bits per heavy atom. The van der Waals surface area contributed by atoms with Gasteiger partial charge in [-0.2, -0.15) is 0 Å². The van der Waals surface area contributed by atoms with Gasteiger partial charge in [0.15, 0.2) is 0 Å². The van der Waals surface area contributed by atoms with Gasteiger partial charge in [-0.25, -0.2) is 0 Å². The van der Waals surface area contributed by atoms with Gasteiger partial charge < -0.3 is 14.5 Å². The van der Waals surface area contributed by atoms with E-state index in [0.717, 1.165) is 28.9 Å². The third kappa shape index (κ3) is 5.36. The smallest absolute Gasteiger partial charge is 0.277 e. The summed E-state index contributed by atoms with van der Waals surface area (Å²) in [7, 11) is 1.64. The summed E-state index contributed by atoms with van der Waals surface area (Å²) in [6, 6.07) is 15.7. The second kappa shape index (κ2) is 9.41. The molecule has 0 aliphatic carbocycles. The summed E-state index contributed by atoms with van der Waals surface area (Å²) in [4.78, 5) is 12.3. The van der Waals surface area contributed by atoms with Crippen LogP contribution < -0.4 is 10.1 Å². The van der Waals surface area contributed by atoms with Gasteiger partial charge in [0, 0.05) is 12.1 Å². The number of hydrogen-bond donors (Lipinski definition) is 1. The lowest BCUT2D eigenvalue weighted by molar-refractivity contribution is -0.120. The highest BCUT2D eigenvalue weighted by Gasteiger charge is 2.18. The highest BCUT2D eigenvalue weighted by atomic mass is 32.2. The maximum atomic E-state index is 12.3. The van der Waals surface area contributed by atoms with Crippen LogP contribution in [-0.4, -0.2) is 35.0 Å². The van der Waals surface area contributed by atoms with E-state index in [1.54, 1.807) is 7.11 Å². The zero-order valence-corrected chi connectivity index (χ0v) is 17.0. The molecule has 1 heterocycles. The highest BCUT2D eigenvalue weighted by molar-refractivity contribution is 8.00. The summed E-state index contributed by atoms with van der Waals surface area (Å²) in [6.07, 6.45) is 0.755. The van der Waals surface area contributed by atoms with Crippen LogP contribution in [0.1, 0.15) is 18.1 Å². The third-order valence-electron chi connectivity index (χ3n) is 4.19. The first kappa shape index (κ1) is 19.9. The number of aryl methyl sites for hydroxylation is 1. The number of carbonyl (C=O) groups excluding carboxylic acids is 1. The molecule has 0 aliphatic rings. The van der Waals surface area contributed by atoms with Crippen LogP contribution in [0, 0.1) is 6.92 Å². The first-order chi connectivity index (χ1) is 13.5. The quantitative estimate of drug-likeness (QED) is 0.581. The lowest BCUT2D eigenvalue weighted by Gasteiger charge is -2.10. The van der Waals surface area contributed by atoms with Gasteiger partial charge >= 0.3 is 0 Å². The standard InChI is InChI=1S/C21H23N3O3S/c1-14-5-4-6-17(13-14)20-23-24-21(27-20)28-15(2)19(25)22-12-11-16-7-9-18(26-3)10-8-16/h4-10,13,15H,11-12H2,1-3H3,(H,22,25)/t15-/m1/s1. The highest BCUT2D eigenvalue weighted by Crippen LogP contribution is 2.26. The molecule has 28 heavy (non-hydrogen) atoms. The molecule has 0 saturated heterocycles. The van der Waals surface area contributed by atoms with Crippen molar-refractivity contribution >= 4 is 17.7 Å².